The van der Waals surface area contributed by atoms with Crippen molar-refractivity contribution in [3.8, 4) is 0 Å². The van der Waals surface area contributed by atoms with Crippen molar-refractivity contribution < 1.29 is 14.4 Å². The molecular formula is C16H14N2O4S. The maximum Gasteiger partial charge on any atom is 0.283 e. The molecule has 4 rings (SSSR count). The van der Waals surface area contributed by atoms with Gasteiger partial charge in [0.1, 0.15) is 0 Å². The normalized spacial score (nSPS) is 18.3. The SMILES string of the molecule is O=[N+]([O-])c1cc2c(cc1Sc1ccncc1)C1(CC2)OCCO1. The highest BCUT2D eigenvalue weighted by atomic mass is 32.2. The van der Waals surface area contributed by atoms with Crippen LogP contribution in [0.2, 0.25) is 0 Å². The molecule has 23 heavy (non-hydrogen) atoms. The number of rotatable bonds is 3. The molecule has 1 aliphatic carbocycles. The minimum Gasteiger partial charge on any atom is -0.343 e. The summed E-state index contributed by atoms with van der Waals surface area (Å²) in [4.78, 5) is 16.6. The molecule has 1 aliphatic heterocycles. The summed E-state index contributed by atoms with van der Waals surface area (Å²) in [5.74, 6) is -0.710. The van der Waals surface area contributed by atoms with E-state index in [4.69, 9.17) is 9.47 Å². The van der Waals surface area contributed by atoms with E-state index in [0.717, 1.165) is 22.4 Å². The van der Waals surface area contributed by atoms with E-state index in [1.165, 1.54) is 11.8 Å². The van der Waals surface area contributed by atoms with Crippen molar-refractivity contribution in [1.29, 1.82) is 0 Å². The molecule has 2 aliphatic rings. The van der Waals surface area contributed by atoms with Gasteiger partial charge in [0.05, 0.1) is 23.0 Å². The van der Waals surface area contributed by atoms with Gasteiger partial charge in [-0.05, 0) is 30.2 Å². The highest BCUT2D eigenvalue weighted by Gasteiger charge is 2.45. The molecule has 2 heterocycles. The molecule has 1 aromatic heterocycles. The lowest BCUT2D eigenvalue weighted by Crippen LogP contribution is -2.23. The second-order valence-corrected chi connectivity index (χ2v) is 6.58. The number of ether oxygens (including phenoxy) is 2. The predicted molar refractivity (Wildman–Crippen MR) is 83.4 cm³/mol. The second-order valence-electron chi connectivity index (χ2n) is 5.47. The molecule has 0 atom stereocenters. The average molecular weight is 330 g/mol. The Morgan fingerprint density at radius 2 is 1.96 bits per heavy atom. The van der Waals surface area contributed by atoms with E-state index < -0.39 is 5.79 Å². The van der Waals surface area contributed by atoms with Gasteiger partial charge >= 0.3 is 0 Å². The highest BCUT2D eigenvalue weighted by molar-refractivity contribution is 7.99. The summed E-state index contributed by atoms with van der Waals surface area (Å²) in [5, 5.41) is 11.4. The summed E-state index contributed by atoms with van der Waals surface area (Å²) in [6.45, 7) is 1.12. The first kappa shape index (κ1) is 14.6. The zero-order chi connectivity index (χ0) is 15.9. The van der Waals surface area contributed by atoms with E-state index in [9.17, 15) is 10.1 Å². The molecule has 7 heteroatoms. The van der Waals surface area contributed by atoms with Crippen molar-refractivity contribution in [1.82, 2.24) is 4.98 Å². The maximum atomic E-state index is 11.4. The lowest BCUT2D eigenvalue weighted by molar-refractivity contribution is -0.387. The minimum atomic E-state index is -0.710. The van der Waals surface area contributed by atoms with Crippen molar-refractivity contribution in [2.24, 2.45) is 0 Å². The van der Waals surface area contributed by atoms with Crippen LogP contribution in [0, 0.1) is 10.1 Å². The average Bonchev–Trinajstić information content (AvgIpc) is 3.17. The molecule has 0 unspecified atom stereocenters. The van der Waals surface area contributed by atoms with E-state index in [1.54, 1.807) is 18.5 Å². The third-order valence-electron chi connectivity index (χ3n) is 4.15. The summed E-state index contributed by atoms with van der Waals surface area (Å²) in [7, 11) is 0. The summed E-state index contributed by atoms with van der Waals surface area (Å²) >= 11 is 1.36. The van der Waals surface area contributed by atoms with Gasteiger partial charge in [0, 0.05) is 35.3 Å². The highest BCUT2D eigenvalue weighted by Crippen LogP contribution is 2.47. The summed E-state index contributed by atoms with van der Waals surface area (Å²) < 4.78 is 11.6. The Balaban J connectivity index is 1.79. The van der Waals surface area contributed by atoms with Crippen molar-refractivity contribution in [2.75, 3.05) is 13.2 Å². The zero-order valence-electron chi connectivity index (χ0n) is 12.2. The standard InChI is InChI=1S/C16H14N2O4S/c19-18(20)14-9-11-1-4-16(21-7-8-22-16)13(11)10-15(14)23-12-2-5-17-6-3-12/h2-3,5-6,9-10H,1,4,7-8H2. The molecule has 0 N–H and O–H groups in total. The van der Waals surface area contributed by atoms with Gasteiger partial charge < -0.3 is 9.47 Å². The molecule has 1 spiro atoms. The van der Waals surface area contributed by atoms with Crippen LogP contribution in [-0.2, 0) is 21.7 Å². The fourth-order valence-corrected chi connectivity index (χ4v) is 4.05. The van der Waals surface area contributed by atoms with Crippen LogP contribution in [0.3, 0.4) is 0 Å². The molecule has 0 radical (unpaired) electrons. The molecule has 1 fully saturated rings. The van der Waals surface area contributed by atoms with Crippen LogP contribution in [0.5, 0.6) is 0 Å². The van der Waals surface area contributed by atoms with Gasteiger partial charge in [-0.2, -0.15) is 0 Å². The molecule has 1 saturated heterocycles. The van der Waals surface area contributed by atoms with Crippen LogP contribution in [0.4, 0.5) is 5.69 Å². The summed E-state index contributed by atoms with van der Waals surface area (Å²) in [6, 6.07) is 7.19. The number of benzene rings is 1. The number of hydrogen-bond acceptors (Lipinski definition) is 6. The van der Waals surface area contributed by atoms with Crippen molar-refractivity contribution in [3.63, 3.8) is 0 Å². The number of aromatic nitrogens is 1. The van der Waals surface area contributed by atoms with E-state index >= 15 is 0 Å². The molecule has 118 valence electrons. The topological polar surface area (TPSA) is 74.5 Å². The Hall–Kier alpha value is -1.96. The quantitative estimate of drug-likeness (QED) is 0.635. The number of nitrogens with zero attached hydrogens (tertiary/aromatic N) is 2. The maximum absolute atomic E-state index is 11.4. The molecule has 0 bridgehead atoms. The first-order chi connectivity index (χ1) is 11.2. The Morgan fingerprint density at radius 3 is 2.65 bits per heavy atom. The summed E-state index contributed by atoms with van der Waals surface area (Å²) in [6.07, 6.45) is 4.79. The Morgan fingerprint density at radius 1 is 1.22 bits per heavy atom. The zero-order valence-corrected chi connectivity index (χ0v) is 13.0. The monoisotopic (exact) mass is 330 g/mol. The molecule has 1 aromatic carbocycles. The lowest BCUT2D eigenvalue weighted by atomic mass is 10.1. The van der Waals surface area contributed by atoms with E-state index in [0.29, 0.717) is 24.5 Å². The molecular weight excluding hydrogens is 316 g/mol. The Bertz CT molecular complexity index is 760. The second kappa shape index (κ2) is 5.59. The van der Waals surface area contributed by atoms with Gasteiger partial charge in [0.25, 0.3) is 5.69 Å². The number of nitro groups is 1. The van der Waals surface area contributed by atoms with Crippen LogP contribution < -0.4 is 0 Å². The molecule has 0 saturated carbocycles. The van der Waals surface area contributed by atoms with Gasteiger partial charge in [0.15, 0.2) is 5.79 Å². The van der Waals surface area contributed by atoms with E-state index in [-0.39, 0.29) is 10.6 Å². The van der Waals surface area contributed by atoms with Crippen LogP contribution in [0.15, 0.2) is 46.5 Å². The van der Waals surface area contributed by atoms with Crippen LogP contribution in [0.25, 0.3) is 0 Å². The largest absolute Gasteiger partial charge is 0.343 e. The predicted octanol–water partition coefficient (Wildman–Crippen LogP) is 3.29. The van der Waals surface area contributed by atoms with Crippen molar-refractivity contribution >= 4 is 17.4 Å². The first-order valence-corrected chi connectivity index (χ1v) is 8.17. The first-order valence-electron chi connectivity index (χ1n) is 7.35. The molecule has 2 aromatic rings. The number of hydrogen-bond donors (Lipinski definition) is 0. The van der Waals surface area contributed by atoms with Crippen molar-refractivity contribution in [3.05, 3.63) is 57.9 Å². The van der Waals surface area contributed by atoms with Crippen LogP contribution in [0.1, 0.15) is 17.5 Å². The van der Waals surface area contributed by atoms with Gasteiger partial charge in [-0.3, -0.25) is 15.1 Å². The molecule has 0 amide bonds. The number of aryl methyl sites for hydroxylation is 1. The van der Waals surface area contributed by atoms with Crippen LogP contribution in [-0.4, -0.2) is 23.1 Å². The van der Waals surface area contributed by atoms with Gasteiger partial charge in [-0.1, -0.05) is 11.8 Å². The number of nitro benzene ring substituents is 1. The third kappa shape index (κ3) is 2.50. The Labute approximate surface area is 137 Å². The number of pyridine rings is 1. The molecule has 6 nitrogen and oxygen atoms in total. The third-order valence-corrected chi connectivity index (χ3v) is 5.20. The lowest BCUT2D eigenvalue weighted by Gasteiger charge is -2.23. The Kier molecular flexibility index (Phi) is 3.56. The van der Waals surface area contributed by atoms with Crippen LogP contribution >= 0.6 is 11.8 Å². The van der Waals surface area contributed by atoms with Crippen molar-refractivity contribution in [2.45, 2.75) is 28.4 Å². The minimum absolute atomic E-state index is 0.126. The fourth-order valence-electron chi connectivity index (χ4n) is 3.12. The smallest absolute Gasteiger partial charge is 0.283 e. The van der Waals surface area contributed by atoms with Gasteiger partial charge in [0.2, 0.25) is 0 Å². The van der Waals surface area contributed by atoms with E-state index in [1.807, 2.05) is 18.2 Å². The van der Waals surface area contributed by atoms with Gasteiger partial charge in [-0.25, -0.2) is 0 Å². The van der Waals surface area contributed by atoms with Gasteiger partial charge in [-0.15, -0.1) is 0 Å². The summed E-state index contributed by atoms with van der Waals surface area (Å²) in [5.41, 5.74) is 2.00. The number of fused-ring (bicyclic) bond motifs is 2. The fraction of sp³-hybridized carbons (Fsp3) is 0.312. The van der Waals surface area contributed by atoms with E-state index in [2.05, 4.69) is 4.98 Å².